The maximum atomic E-state index is 4.59. The summed E-state index contributed by atoms with van der Waals surface area (Å²) >= 11 is 0. The van der Waals surface area contributed by atoms with Gasteiger partial charge in [0.05, 0.1) is 6.34 Å². The molecule has 24 heavy (non-hydrogen) atoms. The molecular formula is C18H28N6. The second kappa shape index (κ2) is 9.15. The minimum atomic E-state index is 0.624. The van der Waals surface area contributed by atoms with Crippen molar-refractivity contribution in [3.8, 4) is 0 Å². The molecule has 0 spiro atoms. The van der Waals surface area contributed by atoms with E-state index in [1.54, 1.807) is 12.7 Å². The molecule has 0 amide bonds. The third-order valence-corrected chi connectivity index (χ3v) is 3.68. The molecular weight excluding hydrogens is 300 g/mol. The van der Waals surface area contributed by atoms with E-state index >= 15 is 0 Å². The lowest BCUT2D eigenvalue weighted by atomic mass is 10.3. The Morgan fingerprint density at radius 2 is 1.83 bits per heavy atom. The van der Waals surface area contributed by atoms with Crippen molar-refractivity contribution in [2.45, 2.75) is 53.4 Å². The normalized spacial score (nSPS) is 11.3. The summed E-state index contributed by atoms with van der Waals surface area (Å²) < 4.78 is 1.91. The van der Waals surface area contributed by atoms with Gasteiger partial charge in [-0.05, 0) is 26.7 Å². The summed E-state index contributed by atoms with van der Waals surface area (Å²) in [5.74, 6) is 0.624. The molecule has 0 saturated heterocycles. The number of unbranched alkanes of at least 4 members (excludes halogenated alkanes) is 2. The number of hydrogen-bond acceptors (Lipinski definition) is 4. The molecule has 0 unspecified atom stereocenters. The minimum Gasteiger partial charge on any atom is -0.363 e. The smallest absolute Gasteiger partial charge is 0.185 e. The second-order valence-corrected chi connectivity index (χ2v) is 6.22. The Labute approximate surface area is 144 Å². The molecule has 0 atom stereocenters. The van der Waals surface area contributed by atoms with Crippen LogP contribution in [-0.4, -0.2) is 43.8 Å². The Kier molecular flexibility index (Phi) is 6.90. The average Bonchev–Trinajstić information content (AvgIpc) is 2.97. The molecule has 2 aromatic heterocycles. The summed E-state index contributed by atoms with van der Waals surface area (Å²) in [6.45, 7) is 10.6. The molecule has 2 aromatic rings. The van der Waals surface area contributed by atoms with E-state index in [0.717, 1.165) is 24.3 Å². The van der Waals surface area contributed by atoms with Gasteiger partial charge in [-0.25, -0.2) is 19.9 Å². The molecule has 0 aliphatic heterocycles. The molecule has 2 heterocycles. The lowest BCUT2D eigenvalue weighted by Gasteiger charge is -2.18. The SMILES string of the molecule is CCCCN(/C=N/c1ncnc2c1ncn2C=C(C)C)CCCC. The number of hydrogen-bond donors (Lipinski definition) is 0. The van der Waals surface area contributed by atoms with E-state index in [9.17, 15) is 0 Å². The average molecular weight is 328 g/mol. The van der Waals surface area contributed by atoms with Gasteiger partial charge in [0.1, 0.15) is 12.7 Å². The first-order valence-electron chi connectivity index (χ1n) is 8.76. The maximum absolute atomic E-state index is 4.59. The Morgan fingerprint density at radius 3 is 2.46 bits per heavy atom. The standard InChI is InChI=1S/C18H28N6/c1-5-7-9-23(10-8-6-2)13-22-17-16-18(20-12-19-17)24(14-21-16)11-15(3)4/h11-14H,5-10H2,1-4H3/b22-13+. The predicted octanol–water partition coefficient (Wildman–Crippen LogP) is 4.27. The van der Waals surface area contributed by atoms with Crippen LogP contribution in [0.2, 0.25) is 0 Å². The first kappa shape index (κ1) is 18.1. The highest BCUT2D eigenvalue weighted by Crippen LogP contribution is 2.20. The van der Waals surface area contributed by atoms with Crippen molar-refractivity contribution < 1.29 is 0 Å². The van der Waals surface area contributed by atoms with Crippen molar-refractivity contribution in [2.24, 2.45) is 4.99 Å². The topological polar surface area (TPSA) is 59.2 Å². The Balaban J connectivity index is 2.24. The lowest BCUT2D eigenvalue weighted by molar-refractivity contribution is 0.409. The molecule has 6 nitrogen and oxygen atoms in total. The Bertz CT molecular complexity index is 689. The number of aliphatic imine (C=N–C) groups is 1. The molecule has 0 saturated carbocycles. The zero-order valence-corrected chi connectivity index (χ0v) is 15.2. The van der Waals surface area contributed by atoms with Crippen LogP contribution in [0.1, 0.15) is 53.4 Å². The largest absolute Gasteiger partial charge is 0.363 e. The highest BCUT2D eigenvalue weighted by molar-refractivity contribution is 5.84. The van der Waals surface area contributed by atoms with Gasteiger partial charge in [0, 0.05) is 19.3 Å². The third kappa shape index (κ3) is 4.88. The van der Waals surface area contributed by atoms with Gasteiger partial charge in [0.25, 0.3) is 0 Å². The van der Waals surface area contributed by atoms with Gasteiger partial charge < -0.3 is 4.90 Å². The van der Waals surface area contributed by atoms with Crippen LogP contribution in [0, 0.1) is 0 Å². The van der Waals surface area contributed by atoms with Gasteiger partial charge in [-0.2, -0.15) is 0 Å². The van der Waals surface area contributed by atoms with Crippen molar-refractivity contribution >= 4 is 29.5 Å². The van der Waals surface area contributed by atoms with E-state index in [0.29, 0.717) is 5.82 Å². The number of aromatic nitrogens is 4. The molecule has 0 aromatic carbocycles. The second-order valence-electron chi connectivity index (χ2n) is 6.22. The molecule has 0 aliphatic rings. The van der Waals surface area contributed by atoms with Gasteiger partial charge in [-0.15, -0.1) is 0 Å². The van der Waals surface area contributed by atoms with Crippen LogP contribution in [0.15, 0.2) is 23.2 Å². The molecule has 0 N–H and O–H groups in total. The van der Waals surface area contributed by atoms with E-state index < -0.39 is 0 Å². The monoisotopic (exact) mass is 328 g/mol. The summed E-state index contributed by atoms with van der Waals surface area (Å²) in [6.07, 6.45) is 11.9. The van der Waals surface area contributed by atoms with Crippen molar-refractivity contribution in [2.75, 3.05) is 13.1 Å². The summed E-state index contributed by atoms with van der Waals surface area (Å²) in [7, 11) is 0. The molecule has 0 bridgehead atoms. The van der Waals surface area contributed by atoms with Gasteiger partial charge in [-0.1, -0.05) is 32.3 Å². The van der Waals surface area contributed by atoms with Crippen molar-refractivity contribution in [3.05, 3.63) is 18.2 Å². The summed E-state index contributed by atoms with van der Waals surface area (Å²) in [4.78, 5) is 19.9. The highest BCUT2D eigenvalue weighted by atomic mass is 15.2. The predicted molar refractivity (Wildman–Crippen MR) is 100 cm³/mol. The third-order valence-electron chi connectivity index (χ3n) is 3.68. The summed E-state index contributed by atoms with van der Waals surface area (Å²) in [5.41, 5.74) is 2.70. The molecule has 0 radical (unpaired) electrons. The fraction of sp³-hybridized carbons (Fsp3) is 0.556. The van der Waals surface area contributed by atoms with Crippen LogP contribution in [-0.2, 0) is 0 Å². The number of rotatable bonds is 9. The van der Waals surface area contributed by atoms with Gasteiger partial charge >= 0.3 is 0 Å². The molecule has 2 rings (SSSR count). The van der Waals surface area contributed by atoms with Crippen molar-refractivity contribution in [1.82, 2.24) is 24.4 Å². The molecule has 130 valence electrons. The van der Waals surface area contributed by atoms with Crippen LogP contribution in [0.3, 0.4) is 0 Å². The van der Waals surface area contributed by atoms with Crippen LogP contribution >= 0.6 is 0 Å². The van der Waals surface area contributed by atoms with Gasteiger partial charge in [0.2, 0.25) is 0 Å². The number of imidazole rings is 1. The van der Waals surface area contributed by atoms with E-state index in [1.807, 2.05) is 31.0 Å². The van der Waals surface area contributed by atoms with E-state index in [-0.39, 0.29) is 0 Å². The zero-order chi connectivity index (χ0) is 17.4. The van der Waals surface area contributed by atoms with Crippen LogP contribution in [0.25, 0.3) is 17.4 Å². The quantitative estimate of drug-likeness (QED) is 0.509. The Hall–Kier alpha value is -2.24. The maximum Gasteiger partial charge on any atom is 0.185 e. The minimum absolute atomic E-state index is 0.624. The first-order chi connectivity index (χ1) is 11.7. The molecule has 0 aliphatic carbocycles. The number of allylic oxidation sites excluding steroid dienone is 1. The van der Waals surface area contributed by atoms with Crippen LogP contribution in [0.4, 0.5) is 5.82 Å². The fourth-order valence-corrected chi connectivity index (χ4v) is 2.39. The van der Waals surface area contributed by atoms with E-state index in [2.05, 4.69) is 38.7 Å². The van der Waals surface area contributed by atoms with Gasteiger partial charge in [-0.3, -0.25) is 4.57 Å². The molecule has 0 fully saturated rings. The van der Waals surface area contributed by atoms with Crippen molar-refractivity contribution in [1.29, 1.82) is 0 Å². The van der Waals surface area contributed by atoms with Crippen LogP contribution < -0.4 is 0 Å². The first-order valence-corrected chi connectivity index (χ1v) is 8.76. The van der Waals surface area contributed by atoms with E-state index in [1.165, 1.54) is 31.3 Å². The lowest BCUT2D eigenvalue weighted by Crippen LogP contribution is -2.24. The van der Waals surface area contributed by atoms with E-state index in [4.69, 9.17) is 0 Å². The van der Waals surface area contributed by atoms with Crippen LogP contribution in [0.5, 0.6) is 0 Å². The molecule has 6 heteroatoms. The Morgan fingerprint density at radius 1 is 1.12 bits per heavy atom. The highest BCUT2D eigenvalue weighted by Gasteiger charge is 2.08. The zero-order valence-electron chi connectivity index (χ0n) is 15.2. The fourth-order valence-electron chi connectivity index (χ4n) is 2.39. The van der Waals surface area contributed by atoms with Gasteiger partial charge in [0.15, 0.2) is 17.0 Å². The summed E-state index contributed by atoms with van der Waals surface area (Å²) in [6, 6.07) is 0. The number of nitrogens with zero attached hydrogens (tertiary/aromatic N) is 6. The van der Waals surface area contributed by atoms with Crippen molar-refractivity contribution in [3.63, 3.8) is 0 Å². The number of fused-ring (bicyclic) bond motifs is 1. The summed E-state index contributed by atoms with van der Waals surface area (Å²) in [5, 5.41) is 0.